The van der Waals surface area contributed by atoms with Crippen LogP contribution in [0.3, 0.4) is 0 Å². The lowest BCUT2D eigenvalue weighted by Gasteiger charge is -2.34. The van der Waals surface area contributed by atoms with Gasteiger partial charge in [0.2, 0.25) is 5.91 Å². The molecule has 1 aliphatic heterocycles. The smallest absolute Gasteiger partial charge is 0.409 e. The van der Waals surface area contributed by atoms with Crippen molar-refractivity contribution in [1.29, 1.82) is 0 Å². The Kier molecular flexibility index (Phi) is 7.81. The van der Waals surface area contributed by atoms with Gasteiger partial charge in [-0.25, -0.2) is 19.6 Å². The molecule has 0 spiro atoms. The molecule has 0 atom stereocenters. The maximum absolute atomic E-state index is 13.1. The molecule has 0 saturated carbocycles. The van der Waals surface area contributed by atoms with Gasteiger partial charge >= 0.3 is 11.8 Å². The summed E-state index contributed by atoms with van der Waals surface area (Å²) in [5.41, 5.74) is -0.304. The molecule has 0 radical (unpaired) electrons. The van der Waals surface area contributed by atoms with E-state index in [0.717, 1.165) is 16.3 Å². The molecule has 0 N–H and O–H groups in total. The van der Waals surface area contributed by atoms with Gasteiger partial charge in [0.25, 0.3) is 5.56 Å². The molecule has 0 unspecified atom stereocenters. The summed E-state index contributed by atoms with van der Waals surface area (Å²) in [5, 5.41) is 0.453. The summed E-state index contributed by atoms with van der Waals surface area (Å²) in [6.45, 7) is 3.56. The van der Waals surface area contributed by atoms with Crippen LogP contribution in [0, 0.1) is 0 Å². The van der Waals surface area contributed by atoms with Crippen molar-refractivity contribution in [1.82, 2.24) is 28.9 Å². The number of hydrogen-bond donors (Lipinski definition) is 0. The molecular formula is C24H28N6O6S. The van der Waals surface area contributed by atoms with Crippen LogP contribution in [0.2, 0.25) is 0 Å². The summed E-state index contributed by atoms with van der Waals surface area (Å²) < 4.78 is 12.8. The van der Waals surface area contributed by atoms with Crippen molar-refractivity contribution in [2.24, 2.45) is 14.1 Å². The number of aryl methyl sites for hydroxylation is 1. The second kappa shape index (κ2) is 11.0. The van der Waals surface area contributed by atoms with Crippen LogP contribution in [0.5, 0.6) is 5.75 Å². The molecule has 1 saturated heterocycles. The van der Waals surface area contributed by atoms with Gasteiger partial charge < -0.3 is 19.3 Å². The lowest BCUT2D eigenvalue weighted by molar-refractivity contribution is -0.129. The lowest BCUT2D eigenvalue weighted by Crippen LogP contribution is -2.51. The van der Waals surface area contributed by atoms with Gasteiger partial charge in [0.15, 0.2) is 11.5 Å². The van der Waals surface area contributed by atoms with Crippen LogP contribution in [0.15, 0.2) is 38.9 Å². The predicted molar refractivity (Wildman–Crippen MR) is 138 cm³/mol. The topological polar surface area (TPSA) is 129 Å². The first-order valence-electron chi connectivity index (χ1n) is 11.7. The molecule has 37 heavy (non-hydrogen) atoms. The molecule has 3 aromatic rings. The van der Waals surface area contributed by atoms with Crippen LogP contribution in [0.4, 0.5) is 4.79 Å². The minimum Gasteiger partial charge on any atom is -0.496 e. The van der Waals surface area contributed by atoms with Gasteiger partial charge in [0.05, 0.1) is 25.0 Å². The molecule has 2 aromatic heterocycles. The van der Waals surface area contributed by atoms with E-state index in [0.29, 0.717) is 49.1 Å². The molecule has 0 aliphatic carbocycles. The van der Waals surface area contributed by atoms with Crippen LogP contribution in [0.1, 0.15) is 6.92 Å². The SMILES string of the molecule is CCOC(=O)N1CCN(C(=O)CSc2nc(-c3ccccc3OC)nc3c2c(=O)n(C)c(=O)n3C)CC1. The van der Waals surface area contributed by atoms with Crippen molar-refractivity contribution in [3.63, 3.8) is 0 Å². The zero-order valence-electron chi connectivity index (χ0n) is 21.1. The third kappa shape index (κ3) is 5.17. The van der Waals surface area contributed by atoms with Crippen LogP contribution in [-0.4, -0.2) is 86.6 Å². The van der Waals surface area contributed by atoms with Crippen LogP contribution in [-0.2, 0) is 23.6 Å². The Hall–Kier alpha value is -3.87. The quantitative estimate of drug-likeness (QED) is 0.341. The largest absolute Gasteiger partial charge is 0.496 e. The normalized spacial score (nSPS) is 13.6. The van der Waals surface area contributed by atoms with Crippen molar-refractivity contribution in [2.45, 2.75) is 11.9 Å². The van der Waals surface area contributed by atoms with Crippen molar-refractivity contribution in [2.75, 3.05) is 45.6 Å². The molecule has 4 rings (SSSR count). The minimum atomic E-state index is -0.539. The highest BCUT2D eigenvalue weighted by Crippen LogP contribution is 2.31. The highest BCUT2D eigenvalue weighted by atomic mass is 32.2. The number of fused-ring (bicyclic) bond motifs is 1. The van der Waals surface area contributed by atoms with Gasteiger partial charge in [-0.3, -0.25) is 18.7 Å². The van der Waals surface area contributed by atoms with E-state index in [1.807, 2.05) is 6.07 Å². The summed E-state index contributed by atoms with van der Waals surface area (Å²) >= 11 is 1.11. The van der Waals surface area contributed by atoms with E-state index in [-0.39, 0.29) is 34.6 Å². The number of para-hydroxylation sites is 1. The minimum absolute atomic E-state index is 0.0167. The van der Waals surface area contributed by atoms with E-state index >= 15 is 0 Å². The fraction of sp³-hybridized carbons (Fsp3) is 0.417. The second-order valence-electron chi connectivity index (χ2n) is 8.31. The summed E-state index contributed by atoms with van der Waals surface area (Å²) in [7, 11) is 4.45. The van der Waals surface area contributed by atoms with Gasteiger partial charge in [0.1, 0.15) is 16.2 Å². The zero-order valence-corrected chi connectivity index (χ0v) is 21.9. The van der Waals surface area contributed by atoms with E-state index in [4.69, 9.17) is 9.47 Å². The molecular weight excluding hydrogens is 500 g/mol. The summed E-state index contributed by atoms with van der Waals surface area (Å²) in [6, 6.07) is 7.16. The predicted octanol–water partition coefficient (Wildman–Crippen LogP) is 1.10. The van der Waals surface area contributed by atoms with Gasteiger partial charge in [-0.15, -0.1) is 0 Å². The van der Waals surface area contributed by atoms with Crippen LogP contribution >= 0.6 is 11.8 Å². The third-order valence-corrected chi connectivity index (χ3v) is 7.07. The zero-order chi connectivity index (χ0) is 26.7. The molecule has 13 heteroatoms. The lowest BCUT2D eigenvalue weighted by atomic mass is 10.2. The highest BCUT2D eigenvalue weighted by molar-refractivity contribution is 8.00. The van der Waals surface area contributed by atoms with E-state index in [9.17, 15) is 19.2 Å². The van der Waals surface area contributed by atoms with Gasteiger partial charge in [0, 0.05) is 40.3 Å². The number of carbonyl (C=O) groups is 2. The number of piperazine rings is 1. The molecule has 0 bridgehead atoms. The van der Waals surface area contributed by atoms with Gasteiger partial charge in [-0.1, -0.05) is 23.9 Å². The van der Waals surface area contributed by atoms with E-state index in [1.165, 1.54) is 25.8 Å². The standard InChI is InChI=1S/C24H28N6O6S/c1-5-36-24(34)30-12-10-29(11-13-30)17(31)14-37-21-18-20(27(2)23(33)28(3)22(18)32)25-19(26-21)15-8-6-7-9-16(15)35-4/h6-9H,5,10-14H2,1-4H3. The number of thioether (sulfide) groups is 1. The first-order valence-corrected chi connectivity index (χ1v) is 12.7. The Labute approximate surface area is 216 Å². The molecule has 2 amide bonds. The fourth-order valence-electron chi connectivity index (χ4n) is 4.06. The number of nitrogens with zero attached hydrogens (tertiary/aromatic N) is 6. The molecule has 1 aromatic carbocycles. The summed E-state index contributed by atoms with van der Waals surface area (Å²) in [5.74, 6) is 0.664. The monoisotopic (exact) mass is 528 g/mol. The first-order chi connectivity index (χ1) is 17.8. The average molecular weight is 529 g/mol. The number of aromatic nitrogens is 4. The molecule has 1 fully saturated rings. The second-order valence-corrected chi connectivity index (χ2v) is 9.28. The van der Waals surface area contributed by atoms with E-state index in [2.05, 4.69) is 9.97 Å². The maximum Gasteiger partial charge on any atom is 0.409 e. The van der Waals surface area contributed by atoms with Gasteiger partial charge in [-0.2, -0.15) is 0 Å². The molecule has 1 aliphatic rings. The number of ether oxygens (including phenoxy) is 2. The third-order valence-electron chi connectivity index (χ3n) is 6.11. The number of methoxy groups -OCH3 is 1. The number of amides is 2. The van der Waals surface area contributed by atoms with Crippen molar-refractivity contribution in [3.8, 4) is 17.1 Å². The summed E-state index contributed by atoms with van der Waals surface area (Å²) in [6.07, 6.45) is -0.387. The maximum atomic E-state index is 13.1. The van der Waals surface area contributed by atoms with Crippen molar-refractivity contribution >= 4 is 34.8 Å². The Morgan fingerprint density at radius 1 is 1.00 bits per heavy atom. The molecule has 196 valence electrons. The van der Waals surface area contributed by atoms with E-state index in [1.54, 1.807) is 34.9 Å². The van der Waals surface area contributed by atoms with Crippen molar-refractivity contribution in [3.05, 3.63) is 45.1 Å². The Bertz CT molecular complexity index is 1460. The first kappa shape index (κ1) is 26.2. The molecule has 3 heterocycles. The van der Waals surface area contributed by atoms with Crippen LogP contribution < -0.4 is 16.0 Å². The van der Waals surface area contributed by atoms with E-state index < -0.39 is 11.2 Å². The Morgan fingerprint density at radius 3 is 2.35 bits per heavy atom. The number of hydrogen-bond acceptors (Lipinski definition) is 9. The number of rotatable bonds is 6. The molecule has 12 nitrogen and oxygen atoms in total. The number of carbonyl (C=O) groups excluding carboxylic acids is 2. The Morgan fingerprint density at radius 2 is 1.68 bits per heavy atom. The number of benzene rings is 1. The van der Waals surface area contributed by atoms with Gasteiger partial charge in [-0.05, 0) is 19.1 Å². The summed E-state index contributed by atoms with van der Waals surface area (Å²) in [4.78, 5) is 63.0. The Balaban J connectivity index is 1.66. The van der Waals surface area contributed by atoms with Crippen molar-refractivity contribution < 1.29 is 19.1 Å². The fourth-order valence-corrected chi connectivity index (χ4v) is 4.97. The van der Waals surface area contributed by atoms with Crippen LogP contribution in [0.25, 0.3) is 22.4 Å². The average Bonchev–Trinajstić information content (AvgIpc) is 2.93. The highest BCUT2D eigenvalue weighted by Gasteiger charge is 2.26.